The van der Waals surface area contributed by atoms with E-state index in [-0.39, 0.29) is 16.8 Å². The molecule has 0 radical (unpaired) electrons. The second-order valence-electron chi connectivity index (χ2n) is 6.75. The lowest BCUT2D eigenvalue weighted by molar-refractivity contribution is -0.148. The van der Waals surface area contributed by atoms with E-state index < -0.39 is 0 Å². The minimum Gasteiger partial charge on any atom is -0.465 e. The van der Waals surface area contributed by atoms with E-state index in [1.54, 1.807) is 0 Å². The molecule has 0 bridgehead atoms. The summed E-state index contributed by atoms with van der Waals surface area (Å²) in [7, 11) is 1.94. The Labute approximate surface area is 118 Å². The maximum Gasteiger partial charge on any atom is 0.307 e. The summed E-state index contributed by atoms with van der Waals surface area (Å²) < 4.78 is 5.37. The summed E-state index contributed by atoms with van der Waals surface area (Å²) >= 11 is 0. The van der Waals surface area contributed by atoms with Crippen molar-refractivity contribution in [3.05, 3.63) is 0 Å². The first-order valence-corrected chi connectivity index (χ1v) is 7.21. The van der Waals surface area contributed by atoms with Crippen molar-refractivity contribution < 1.29 is 9.53 Å². The molecule has 0 atom stereocenters. The molecule has 0 amide bonds. The highest BCUT2D eigenvalue weighted by atomic mass is 16.5. The van der Waals surface area contributed by atoms with E-state index in [1.807, 2.05) is 7.05 Å². The molecule has 114 valence electrons. The van der Waals surface area contributed by atoms with Gasteiger partial charge in [0.2, 0.25) is 0 Å². The third-order valence-corrected chi connectivity index (χ3v) is 3.91. The van der Waals surface area contributed by atoms with Gasteiger partial charge in [-0.15, -0.1) is 0 Å². The number of rotatable bonds is 9. The lowest BCUT2D eigenvalue weighted by Crippen LogP contribution is -2.35. The Hall–Kier alpha value is -0.610. The molecule has 0 aromatic carbocycles. The van der Waals surface area contributed by atoms with Crippen LogP contribution in [0.4, 0.5) is 0 Å². The smallest absolute Gasteiger partial charge is 0.307 e. The van der Waals surface area contributed by atoms with Crippen LogP contribution in [-0.4, -0.2) is 39.3 Å². The third-order valence-electron chi connectivity index (χ3n) is 3.91. The van der Waals surface area contributed by atoms with Crippen LogP contribution >= 0.6 is 0 Å². The van der Waals surface area contributed by atoms with Gasteiger partial charge in [0.15, 0.2) is 0 Å². The van der Waals surface area contributed by atoms with Gasteiger partial charge in [0.25, 0.3) is 0 Å². The highest BCUT2D eigenvalue weighted by Gasteiger charge is 2.33. The van der Waals surface area contributed by atoms with Gasteiger partial charge in [0.1, 0.15) is 0 Å². The zero-order valence-electron chi connectivity index (χ0n) is 13.6. The molecule has 2 N–H and O–H groups in total. The Morgan fingerprint density at radius 1 is 1.05 bits per heavy atom. The first-order chi connectivity index (χ1) is 8.70. The van der Waals surface area contributed by atoms with E-state index in [1.165, 1.54) is 0 Å². The van der Waals surface area contributed by atoms with Gasteiger partial charge in [-0.2, -0.15) is 0 Å². The summed E-state index contributed by atoms with van der Waals surface area (Å²) in [5, 5.41) is 6.32. The Morgan fingerprint density at radius 2 is 1.68 bits per heavy atom. The molecule has 4 nitrogen and oxygen atoms in total. The molecule has 19 heavy (non-hydrogen) atoms. The molecule has 0 unspecified atom stereocenters. The van der Waals surface area contributed by atoms with Gasteiger partial charge in [-0.1, -0.05) is 34.6 Å². The van der Waals surface area contributed by atoms with Crippen molar-refractivity contribution in [3.63, 3.8) is 0 Å². The molecule has 0 spiro atoms. The summed E-state index contributed by atoms with van der Waals surface area (Å²) in [5.41, 5.74) is 0.113. The number of ether oxygens (including phenoxy) is 1. The fraction of sp³-hybridized carbons (Fsp3) is 0.933. The van der Waals surface area contributed by atoms with Gasteiger partial charge in [-0.05, 0) is 32.0 Å². The molecule has 0 saturated heterocycles. The van der Waals surface area contributed by atoms with Crippen molar-refractivity contribution in [2.75, 3.05) is 33.3 Å². The zero-order chi connectivity index (χ0) is 14.9. The van der Waals surface area contributed by atoms with Crippen molar-refractivity contribution in [2.45, 2.75) is 47.5 Å². The predicted octanol–water partition coefficient (Wildman–Crippen LogP) is 2.19. The average molecular weight is 272 g/mol. The number of esters is 1. The lowest BCUT2D eigenvalue weighted by atomic mass is 9.70. The number of hydrogen-bond acceptors (Lipinski definition) is 4. The van der Waals surface area contributed by atoms with E-state index >= 15 is 0 Å². The first-order valence-electron chi connectivity index (χ1n) is 7.21. The Kier molecular flexibility index (Phi) is 8.26. The fourth-order valence-electron chi connectivity index (χ4n) is 1.26. The molecule has 0 rings (SSSR count). The third kappa shape index (κ3) is 8.22. The number of carbonyl (C=O) groups excluding carboxylic acids is 1. The van der Waals surface area contributed by atoms with Gasteiger partial charge < -0.3 is 15.4 Å². The SMILES string of the molecule is CNCCCNCCC(=O)OCC(C)(C)C(C)(C)C. The maximum atomic E-state index is 11.6. The highest BCUT2D eigenvalue weighted by Crippen LogP contribution is 2.37. The standard InChI is InChI=1S/C15H32N2O2/c1-14(2,3)15(4,5)12-19-13(18)8-11-17-10-7-9-16-6/h16-17H,7-12H2,1-6H3. The van der Waals surface area contributed by atoms with Crippen LogP contribution in [0.25, 0.3) is 0 Å². The van der Waals surface area contributed by atoms with E-state index in [0.717, 1.165) is 19.5 Å². The molecule has 0 aliphatic heterocycles. The van der Waals surface area contributed by atoms with Gasteiger partial charge in [0.05, 0.1) is 13.0 Å². The molecule has 0 aliphatic carbocycles. The second kappa shape index (κ2) is 8.54. The van der Waals surface area contributed by atoms with Crippen LogP contribution in [0.5, 0.6) is 0 Å². The van der Waals surface area contributed by atoms with Crippen LogP contribution in [-0.2, 0) is 9.53 Å². The summed E-state index contributed by atoms with van der Waals surface area (Å²) in [6.45, 7) is 13.9. The van der Waals surface area contributed by atoms with Gasteiger partial charge in [-0.3, -0.25) is 4.79 Å². The van der Waals surface area contributed by atoms with Crippen molar-refractivity contribution in [1.82, 2.24) is 10.6 Å². The largest absolute Gasteiger partial charge is 0.465 e. The Balaban J connectivity index is 3.71. The van der Waals surface area contributed by atoms with E-state index in [0.29, 0.717) is 19.6 Å². The first kappa shape index (κ1) is 18.4. The Morgan fingerprint density at radius 3 is 2.21 bits per heavy atom. The fourth-order valence-corrected chi connectivity index (χ4v) is 1.26. The summed E-state index contributed by atoms with van der Waals surface area (Å²) in [6.07, 6.45) is 1.52. The maximum absolute atomic E-state index is 11.6. The van der Waals surface area contributed by atoms with Crippen LogP contribution in [0.1, 0.15) is 47.5 Å². The average Bonchev–Trinajstić information content (AvgIpc) is 2.29. The van der Waals surface area contributed by atoms with E-state index in [9.17, 15) is 4.79 Å². The quantitative estimate of drug-likeness (QED) is 0.499. The second-order valence-corrected chi connectivity index (χ2v) is 6.75. The van der Waals surface area contributed by atoms with Crippen LogP contribution in [0.15, 0.2) is 0 Å². The molecular formula is C15H32N2O2. The molecule has 0 fully saturated rings. The predicted molar refractivity (Wildman–Crippen MR) is 80.2 cm³/mol. The van der Waals surface area contributed by atoms with E-state index in [2.05, 4.69) is 45.3 Å². The van der Waals surface area contributed by atoms with Gasteiger partial charge in [-0.25, -0.2) is 0 Å². The normalized spacial score (nSPS) is 12.5. The molecule has 0 saturated carbocycles. The van der Waals surface area contributed by atoms with Gasteiger partial charge >= 0.3 is 5.97 Å². The zero-order valence-corrected chi connectivity index (χ0v) is 13.6. The van der Waals surface area contributed by atoms with Crippen LogP contribution in [0, 0.1) is 10.8 Å². The topological polar surface area (TPSA) is 50.4 Å². The van der Waals surface area contributed by atoms with Crippen molar-refractivity contribution in [2.24, 2.45) is 10.8 Å². The molecule has 4 heteroatoms. The van der Waals surface area contributed by atoms with Crippen molar-refractivity contribution >= 4 is 5.97 Å². The minimum absolute atomic E-state index is 0.0110. The van der Waals surface area contributed by atoms with Crippen molar-refractivity contribution in [3.8, 4) is 0 Å². The number of nitrogens with one attached hydrogen (secondary N) is 2. The number of hydrogen-bond donors (Lipinski definition) is 2. The minimum atomic E-state index is -0.113. The van der Waals surface area contributed by atoms with Crippen molar-refractivity contribution in [1.29, 1.82) is 0 Å². The Bertz CT molecular complexity index is 257. The molecular weight excluding hydrogens is 240 g/mol. The lowest BCUT2D eigenvalue weighted by Gasteiger charge is -2.38. The summed E-state index contributed by atoms with van der Waals surface area (Å²) in [5.74, 6) is -0.113. The molecule has 0 aromatic heterocycles. The van der Waals surface area contributed by atoms with E-state index in [4.69, 9.17) is 4.74 Å². The monoisotopic (exact) mass is 272 g/mol. The van der Waals surface area contributed by atoms with Crippen LogP contribution in [0.2, 0.25) is 0 Å². The van der Waals surface area contributed by atoms with Crippen LogP contribution in [0.3, 0.4) is 0 Å². The molecule has 0 aromatic rings. The highest BCUT2D eigenvalue weighted by molar-refractivity contribution is 5.69. The van der Waals surface area contributed by atoms with Gasteiger partial charge in [0, 0.05) is 12.0 Å². The summed E-state index contributed by atoms with van der Waals surface area (Å²) in [6, 6.07) is 0. The number of carbonyl (C=O) groups is 1. The molecule has 0 heterocycles. The summed E-state index contributed by atoms with van der Waals surface area (Å²) in [4.78, 5) is 11.6. The molecule has 0 aliphatic rings. The van der Waals surface area contributed by atoms with Crippen LogP contribution < -0.4 is 10.6 Å².